The van der Waals surface area contributed by atoms with Gasteiger partial charge in [0.1, 0.15) is 5.82 Å². The van der Waals surface area contributed by atoms with Gasteiger partial charge >= 0.3 is 0 Å². The van der Waals surface area contributed by atoms with Gasteiger partial charge < -0.3 is 10.3 Å². The number of nitrogens with two attached hydrogens (primary N) is 1. The fourth-order valence-corrected chi connectivity index (χ4v) is 2.57. The number of nitrogens with zero attached hydrogens (tertiary/aromatic N) is 3. The molecular formula is C17H20N4. The van der Waals surface area contributed by atoms with Crippen LogP contribution in [-0.4, -0.2) is 14.5 Å². The lowest BCUT2D eigenvalue weighted by Crippen LogP contribution is -2.00. The quantitative estimate of drug-likeness (QED) is 0.798. The van der Waals surface area contributed by atoms with Gasteiger partial charge in [0.2, 0.25) is 0 Å². The first kappa shape index (κ1) is 13.8. The molecule has 2 heterocycles. The molecule has 4 nitrogen and oxygen atoms in total. The Morgan fingerprint density at radius 1 is 1.19 bits per heavy atom. The molecule has 0 spiro atoms. The summed E-state index contributed by atoms with van der Waals surface area (Å²) in [6.07, 6.45) is 2.96. The molecule has 0 aliphatic rings. The highest BCUT2D eigenvalue weighted by atomic mass is 15.1. The third-order valence-electron chi connectivity index (χ3n) is 3.67. The SMILES string of the molecule is CCCn1c(-c2ccc(C)nc2)nc2cc(CN)ccc21. The molecular weight excluding hydrogens is 260 g/mol. The van der Waals surface area contributed by atoms with E-state index in [2.05, 4.69) is 40.7 Å². The number of pyridine rings is 1. The molecule has 0 amide bonds. The summed E-state index contributed by atoms with van der Waals surface area (Å²) in [5, 5.41) is 0. The predicted molar refractivity (Wildman–Crippen MR) is 85.9 cm³/mol. The van der Waals surface area contributed by atoms with Gasteiger partial charge in [0.25, 0.3) is 0 Å². The van der Waals surface area contributed by atoms with Gasteiger partial charge in [-0.15, -0.1) is 0 Å². The molecule has 0 aliphatic heterocycles. The van der Waals surface area contributed by atoms with E-state index in [9.17, 15) is 0 Å². The van der Waals surface area contributed by atoms with Crippen molar-refractivity contribution in [1.29, 1.82) is 0 Å². The van der Waals surface area contributed by atoms with Crippen LogP contribution >= 0.6 is 0 Å². The number of rotatable bonds is 4. The molecule has 0 bridgehead atoms. The second-order valence-corrected chi connectivity index (χ2v) is 5.30. The summed E-state index contributed by atoms with van der Waals surface area (Å²) < 4.78 is 2.27. The molecule has 0 saturated carbocycles. The first-order valence-electron chi connectivity index (χ1n) is 7.35. The Morgan fingerprint density at radius 2 is 2.05 bits per heavy atom. The normalized spacial score (nSPS) is 11.2. The van der Waals surface area contributed by atoms with Crippen LogP contribution in [0.5, 0.6) is 0 Å². The highest BCUT2D eigenvalue weighted by Crippen LogP contribution is 2.25. The first-order valence-corrected chi connectivity index (χ1v) is 7.35. The van der Waals surface area contributed by atoms with E-state index in [0.29, 0.717) is 6.54 Å². The molecule has 0 radical (unpaired) electrons. The topological polar surface area (TPSA) is 56.7 Å². The Morgan fingerprint density at radius 3 is 2.71 bits per heavy atom. The average Bonchev–Trinajstić information content (AvgIpc) is 2.86. The van der Waals surface area contributed by atoms with E-state index in [0.717, 1.165) is 46.6 Å². The fourth-order valence-electron chi connectivity index (χ4n) is 2.57. The van der Waals surface area contributed by atoms with Crippen molar-refractivity contribution in [2.75, 3.05) is 0 Å². The lowest BCUT2D eigenvalue weighted by atomic mass is 10.2. The van der Waals surface area contributed by atoms with E-state index >= 15 is 0 Å². The molecule has 2 aromatic heterocycles. The van der Waals surface area contributed by atoms with Gasteiger partial charge in [-0.3, -0.25) is 4.98 Å². The van der Waals surface area contributed by atoms with Gasteiger partial charge in [-0.05, 0) is 43.2 Å². The van der Waals surface area contributed by atoms with E-state index in [4.69, 9.17) is 10.7 Å². The predicted octanol–water partition coefficient (Wildman–Crippen LogP) is 3.28. The maximum Gasteiger partial charge on any atom is 0.142 e. The van der Waals surface area contributed by atoms with Crippen molar-refractivity contribution >= 4 is 11.0 Å². The lowest BCUT2D eigenvalue weighted by molar-refractivity contribution is 0.704. The van der Waals surface area contributed by atoms with Gasteiger partial charge in [0.05, 0.1) is 11.0 Å². The van der Waals surface area contributed by atoms with Gasteiger partial charge in [0.15, 0.2) is 0 Å². The van der Waals surface area contributed by atoms with E-state index in [1.807, 2.05) is 19.2 Å². The fraction of sp³-hybridized carbons (Fsp3) is 0.294. The molecule has 21 heavy (non-hydrogen) atoms. The Hall–Kier alpha value is -2.20. The van der Waals surface area contributed by atoms with Crippen molar-refractivity contribution in [3.63, 3.8) is 0 Å². The van der Waals surface area contributed by atoms with Gasteiger partial charge in [0, 0.05) is 30.5 Å². The Bertz CT molecular complexity index is 756. The molecule has 0 aliphatic carbocycles. The zero-order valence-corrected chi connectivity index (χ0v) is 12.5. The van der Waals surface area contributed by atoms with Crippen LogP contribution in [0.15, 0.2) is 36.5 Å². The van der Waals surface area contributed by atoms with Crippen LogP contribution in [-0.2, 0) is 13.1 Å². The summed E-state index contributed by atoms with van der Waals surface area (Å²) in [7, 11) is 0. The smallest absolute Gasteiger partial charge is 0.142 e. The average molecular weight is 280 g/mol. The molecule has 3 rings (SSSR count). The van der Waals surface area contributed by atoms with Crippen molar-refractivity contribution in [2.24, 2.45) is 5.73 Å². The molecule has 0 unspecified atom stereocenters. The molecule has 1 aromatic carbocycles. The molecule has 0 atom stereocenters. The van der Waals surface area contributed by atoms with Crippen LogP contribution in [0.2, 0.25) is 0 Å². The largest absolute Gasteiger partial charge is 0.326 e. The molecule has 0 saturated heterocycles. The highest BCUT2D eigenvalue weighted by molar-refractivity contribution is 5.81. The van der Waals surface area contributed by atoms with E-state index < -0.39 is 0 Å². The number of aryl methyl sites for hydroxylation is 2. The van der Waals surface area contributed by atoms with E-state index in [1.165, 1.54) is 0 Å². The number of aromatic nitrogens is 3. The minimum absolute atomic E-state index is 0.540. The Kier molecular flexibility index (Phi) is 3.71. The zero-order valence-electron chi connectivity index (χ0n) is 12.5. The molecule has 4 heteroatoms. The van der Waals surface area contributed by atoms with Crippen molar-refractivity contribution in [3.05, 3.63) is 47.8 Å². The summed E-state index contributed by atoms with van der Waals surface area (Å²) in [6.45, 7) is 5.66. The Balaban J connectivity index is 2.20. The van der Waals surface area contributed by atoms with Crippen LogP contribution in [0.4, 0.5) is 0 Å². The van der Waals surface area contributed by atoms with E-state index in [1.54, 1.807) is 0 Å². The zero-order chi connectivity index (χ0) is 14.8. The van der Waals surface area contributed by atoms with Crippen molar-refractivity contribution in [1.82, 2.24) is 14.5 Å². The number of hydrogen-bond acceptors (Lipinski definition) is 3. The number of fused-ring (bicyclic) bond motifs is 1. The van der Waals surface area contributed by atoms with E-state index in [-0.39, 0.29) is 0 Å². The van der Waals surface area contributed by atoms with Crippen LogP contribution in [0.1, 0.15) is 24.6 Å². The minimum Gasteiger partial charge on any atom is -0.326 e. The Labute approximate surface area is 124 Å². The number of imidazole rings is 1. The van der Waals surface area contributed by atoms with Gasteiger partial charge in [-0.25, -0.2) is 4.98 Å². The first-order chi connectivity index (χ1) is 10.2. The summed E-state index contributed by atoms with van der Waals surface area (Å²) in [5.41, 5.74) is 11.1. The molecule has 0 fully saturated rings. The minimum atomic E-state index is 0.540. The standard InChI is InChI=1S/C17H20N4/c1-3-8-21-16-7-5-13(10-18)9-15(16)20-17(21)14-6-4-12(2)19-11-14/h4-7,9,11H,3,8,10,18H2,1-2H3. The molecule has 2 N–H and O–H groups in total. The monoisotopic (exact) mass is 280 g/mol. The van der Waals surface area contributed by atoms with Crippen LogP contribution in [0.25, 0.3) is 22.4 Å². The lowest BCUT2D eigenvalue weighted by Gasteiger charge is -2.08. The second kappa shape index (κ2) is 5.66. The van der Waals surface area contributed by atoms with Crippen LogP contribution in [0.3, 0.4) is 0 Å². The van der Waals surface area contributed by atoms with Crippen molar-refractivity contribution in [3.8, 4) is 11.4 Å². The second-order valence-electron chi connectivity index (χ2n) is 5.30. The number of hydrogen-bond donors (Lipinski definition) is 1. The summed E-state index contributed by atoms with van der Waals surface area (Å²) in [4.78, 5) is 9.19. The molecule has 3 aromatic rings. The van der Waals surface area contributed by atoms with Crippen LogP contribution in [0, 0.1) is 6.92 Å². The summed E-state index contributed by atoms with van der Waals surface area (Å²) >= 11 is 0. The van der Waals surface area contributed by atoms with Crippen LogP contribution < -0.4 is 5.73 Å². The third-order valence-corrected chi connectivity index (χ3v) is 3.67. The van der Waals surface area contributed by atoms with Crippen molar-refractivity contribution in [2.45, 2.75) is 33.4 Å². The maximum atomic E-state index is 5.73. The molecule has 108 valence electrons. The van der Waals surface area contributed by atoms with Gasteiger partial charge in [-0.2, -0.15) is 0 Å². The number of benzene rings is 1. The highest BCUT2D eigenvalue weighted by Gasteiger charge is 2.12. The maximum absolute atomic E-state index is 5.73. The summed E-state index contributed by atoms with van der Waals surface area (Å²) in [5.74, 6) is 0.980. The summed E-state index contributed by atoms with van der Waals surface area (Å²) in [6, 6.07) is 10.4. The van der Waals surface area contributed by atoms with Crippen molar-refractivity contribution < 1.29 is 0 Å². The third kappa shape index (κ3) is 2.54. The van der Waals surface area contributed by atoms with Gasteiger partial charge in [-0.1, -0.05) is 13.0 Å².